The van der Waals surface area contributed by atoms with Crippen molar-refractivity contribution in [3.63, 3.8) is 0 Å². The topological polar surface area (TPSA) is 123 Å². The molecule has 0 bridgehead atoms. The zero-order valence-electron chi connectivity index (χ0n) is 15.4. The molecular formula is C17H27N3O6. The van der Waals surface area contributed by atoms with Gasteiger partial charge >= 0.3 is 0 Å². The number of amides is 1. The highest BCUT2D eigenvalue weighted by Gasteiger charge is 2.12. The highest BCUT2D eigenvalue weighted by Crippen LogP contribution is 2.13. The number of hydrogen-bond acceptors (Lipinski definition) is 7. The van der Waals surface area contributed by atoms with Gasteiger partial charge in [0.15, 0.2) is 0 Å². The standard InChI is InChI=1S/C17H27N3O6/c1-17(2,3)19-11-14(21)12-25-15-6-4-13(5-7-15)10-16(22)18-8-9-26-20(23)24/h4-7,14,19,21H,8-12H2,1-3H3,(H,18,22). The van der Waals surface area contributed by atoms with Crippen LogP contribution in [0.25, 0.3) is 0 Å². The summed E-state index contributed by atoms with van der Waals surface area (Å²) in [6, 6.07) is 6.95. The van der Waals surface area contributed by atoms with Crippen LogP contribution in [0.1, 0.15) is 26.3 Å². The summed E-state index contributed by atoms with van der Waals surface area (Å²) in [7, 11) is 0. The first kappa shape index (κ1) is 21.7. The zero-order chi connectivity index (χ0) is 19.6. The quantitative estimate of drug-likeness (QED) is 0.298. The Bertz CT molecular complexity index is 571. The van der Waals surface area contributed by atoms with Crippen molar-refractivity contribution in [3.05, 3.63) is 39.9 Å². The lowest BCUT2D eigenvalue weighted by Gasteiger charge is -2.23. The largest absolute Gasteiger partial charge is 0.491 e. The Morgan fingerprint density at radius 1 is 1.31 bits per heavy atom. The maximum Gasteiger partial charge on any atom is 0.294 e. The summed E-state index contributed by atoms with van der Waals surface area (Å²) in [6.07, 6.45) is -0.474. The second-order valence-corrected chi connectivity index (χ2v) is 6.82. The molecule has 1 unspecified atom stereocenters. The molecule has 9 heteroatoms. The van der Waals surface area contributed by atoms with Crippen molar-refractivity contribution < 1.29 is 24.6 Å². The van der Waals surface area contributed by atoms with Gasteiger partial charge in [-0.1, -0.05) is 12.1 Å². The third-order valence-corrected chi connectivity index (χ3v) is 3.22. The fourth-order valence-corrected chi connectivity index (χ4v) is 1.94. The van der Waals surface area contributed by atoms with Crippen LogP contribution in [0.3, 0.4) is 0 Å². The Morgan fingerprint density at radius 2 is 1.96 bits per heavy atom. The molecular weight excluding hydrogens is 342 g/mol. The molecule has 0 aliphatic carbocycles. The number of benzene rings is 1. The Morgan fingerprint density at radius 3 is 2.54 bits per heavy atom. The molecule has 26 heavy (non-hydrogen) atoms. The molecule has 0 aliphatic rings. The maximum atomic E-state index is 11.7. The number of aliphatic hydroxyl groups is 1. The lowest BCUT2D eigenvalue weighted by atomic mass is 10.1. The van der Waals surface area contributed by atoms with E-state index in [2.05, 4.69) is 15.5 Å². The minimum absolute atomic E-state index is 0.0708. The number of β-amino-alcohol motifs (C(OH)–C–C–N with tert-alkyl or cyclic N) is 1. The van der Waals surface area contributed by atoms with E-state index in [9.17, 15) is 20.0 Å². The van der Waals surface area contributed by atoms with Gasteiger partial charge in [0.2, 0.25) is 5.91 Å². The van der Waals surface area contributed by atoms with Crippen LogP contribution in [0.2, 0.25) is 0 Å². The predicted octanol–water partition coefficient (Wildman–Crippen LogP) is 0.681. The van der Waals surface area contributed by atoms with Gasteiger partial charge in [-0.25, -0.2) is 0 Å². The summed E-state index contributed by atoms with van der Waals surface area (Å²) >= 11 is 0. The number of carbonyl (C=O) groups excluding carboxylic acids is 1. The molecule has 0 saturated carbocycles. The Hall–Kier alpha value is -2.39. The third kappa shape index (κ3) is 10.5. The summed E-state index contributed by atoms with van der Waals surface area (Å²) in [5.74, 6) is 0.345. The molecule has 1 atom stereocenters. The first-order valence-electron chi connectivity index (χ1n) is 8.34. The Balaban J connectivity index is 2.30. The average molecular weight is 369 g/mol. The fraction of sp³-hybridized carbons (Fsp3) is 0.588. The molecule has 0 saturated heterocycles. The predicted molar refractivity (Wildman–Crippen MR) is 95.4 cm³/mol. The zero-order valence-corrected chi connectivity index (χ0v) is 15.4. The summed E-state index contributed by atoms with van der Waals surface area (Å²) < 4.78 is 5.52. The SMILES string of the molecule is CC(C)(C)NCC(O)COc1ccc(CC(=O)NCCO[N+](=O)[O-])cc1. The number of nitrogens with zero attached hydrogens (tertiary/aromatic N) is 1. The molecule has 0 heterocycles. The molecule has 1 rings (SSSR count). The van der Waals surface area contributed by atoms with E-state index in [1.165, 1.54) is 0 Å². The summed E-state index contributed by atoms with van der Waals surface area (Å²) in [5, 5.41) is 24.7. The second kappa shape index (κ2) is 10.6. The van der Waals surface area contributed by atoms with Gasteiger partial charge in [0.25, 0.3) is 5.09 Å². The number of aliphatic hydroxyl groups excluding tert-OH is 1. The van der Waals surface area contributed by atoms with Crippen LogP contribution in [0.5, 0.6) is 5.75 Å². The molecule has 0 aromatic heterocycles. The molecule has 1 amide bonds. The minimum Gasteiger partial charge on any atom is -0.491 e. The van der Waals surface area contributed by atoms with Crippen LogP contribution in [0.15, 0.2) is 24.3 Å². The van der Waals surface area contributed by atoms with Gasteiger partial charge in [-0.05, 0) is 38.5 Å². The van der Waals surface area contributed by atoms with Gasteiger partial charge in [-0.15, -0.1) is 10.1 Å². The summed E-state index contributed by atoms with van der Waals surface area (Å²) in [6.45, 7) is 6.54. The van der Waals surface area contributed by atoms with Crippen molar-refractivity contribution >= 4 is 5.91 Å². The molecule has 0 radical (unpaired) electrons. The number of hydrogen-bond donors (Lipinski definition) is 3. The van der Waals surface area contributed by atoms with Crippen LogP contribution >= 0.6 is 0 Å². The van der Waals surface area contributed by atoms with Gasteiger partial charge in [-0.3, -0.25) is 4.79 Å². The van der Waals surface area contributed by atoms with Crippen LogP contribution < -0.4 is 15.4 Å². The van der Waals surface area contributed by atoms with Crippen molar-refractivity contribution in [2.24, 2.45) is 0 Å². The van der Waals surface area contributed by atoms with Crippen LogP contribution in [0, 0.1) is 10.1 Å². The molecule has 0 spiro atoms. The lowest BCUT2D eigenvalue weighted by molar-refractivity contribution is -0.757. The van der Waals surface area contributed by atoms with E-state index in [1.54, 1.807) is 24.3 Å². The monoisotopic (exact) mass is 369 g/mol. The van der Waals surface area contributed by atoms with E-state index >= 15 is 0 Å². The van der Waals surface area contributed by atoms with Crippen LogP contribution in [-0.4, -0.2) is 54.0 Å². The van der Waals surface area contributed by atoms with Gasteiger partial charge < -0.3 is 25.3 Å². The lowest BCUT2D eigenvalue weighted by Crippen LogP contribution is -2.42. The Kier molecular flexibility index (Phi) is 8.80. The minimum atomic E-state index is -0.902. The van der Waals surface area contributed by atoms with Crippen LogP contribution in [0.4, 0.5) is 0 Å². The first-order valence-corrected chi connectivity index (χ1v) is 8.34. The molecule has 146 valence electrons. The van der Waals surface area contributed by atoms with Gasteiger partial charge in [-0.2, -0.15) is 0 Å². The van der Waals surface area contributed by atoms with E-state index in [4.69, 9.17) is 4.74 Å². The van der Waals surface area contributed by atoms with E-state index in [0.29, 0.717) is 12.3 Å². The number of ether oxygens (including phenoxy) is 1. The van der Waals surface area contributed by atoms with Gasteiger partial charge in [0, 0.05) is 18.6 Å². The third-order valence-electron chi connectivity index (χ3n) is 3.22. The number of nitrogens with one attached hydrogen (secondary N) is 2. The van der Waals surface area contributed by atoms with E-state index in [0.717, 1.165) is 5.56 Å². The average Bonchev–Trinajstić information content (AvgIpc) is 2.55. The van der Waals surface area contributed by atoms with Crippen molar-refractivity contribution in [1.82, 2.24) is 10.6 Å². The first-order chi connectivity index (χ1) is 12.2. The van der Waals surface area contributed by atoms with Crippen molar-refractivity contribution in [2.75, 3.05) is 26.3 Å². The molecule has 1 aromatic carbocycles. The molecule has 0 aliphatic heterocycles. The molecule has 1 aromatic rings. The van der Waals surface area contributed by atoms with Gasteiger partial charge in [0.05, 0.1) is 6.42 Å². The van der Waals surface area contributed by atoms with E-state index in [-0.39, 0.29) is 37.6 Å². The van der Waals surface area contributed by atoms with Gasteiger partial charge in [0.1, 0.15) is 25.1 Å². The van der Waals surface area contributed by atoms with Crippen molar-refractivity contribution in [1.29, 1.82) is 0 Å². The van der Waals surface area contributed by atoms with E-state index < -0.39 is 11.2 Å². The smallest absolute Gasteiger partial charge is 0.294 e. The maximum absolute atomic E-state index is 11.7. The second-order valence-electron chi connectivity index (χ2n) is 6.82. The highest BCUT2D eigenvalue weighted by atomic mass is 16.9. The Labute approximate surface area is 152 Å². The van der Waals surface area contributed by atoms with E-state index in [1.807, 2.05) is 20.8 Å². The fourth-order valence-electron chi connectivity index (χ4n) is 1.94. The molecule has 0 fully saturated rings. The summed E-state index contributed by atoms with van der Waals surface area (Å²) in [5.41, 5.74) is 0.707. The molecule has 9 nitrogen and oxygen atoms in total. The summed E-state index contributed by atoms with van der Waals surface area (Å²) in [4.78, 5) is 25.8. The van der Waals surface area contributed by atoms with Crippen LogP contribution in [-0.2, 0) is 16.1 Å². The number of carbonyl (C=O) groups is 1. The highest BCUT2D eigenvalue weighted by molar-refractivity contribution is 5.78. The molecule has 3 N–H and O–H groups in total. The van der Waals surface area contributed by atoms with Crippen molar-refractivity contribution in [3.8, 4) is 5.75 Å². The normalized spacial score (nSPS) is 12.3. The number of rotatable bonds is 11. The van der Waals surface area contributed by atoms with Crippen molar-refractivity contribution in [2.45, 2.75) is 38.8 Å².